The molecule has 0 radical (unpaired) electrons. The minimum absolute atomic E-state index is 0.171. The van der Waals surface area contributed by atoms with Gasteiger partial charge in [0.2, 0.25) is 0 Å². The van der Waals surface area contributed by atoms with Crippen molar-refractivity contribution in [2.24, 2.45) is 0 Å². The number of benzene rings is 1. The van der Waals surface area contributed by atoms with Crippen molar-refractivity contribution < 1.29 is 17.7 Å². The highest BCUT2D eigenvalue weighted by molar-refractivity contribution is 7.85. The Hall–Kier alpha value is -0.780. The van der Waals surface area contributed by atoms with Crippen LogP contribution in [0, 0.1) is 0 Å². The van der Waals surface area contributed by atoms with Crippen LogP contribution in [0.25, 0.3) is 0 Å². The first kappa shape index (κ1) is 18.3. The van der Waals surface area contributed by atoms with Crippen LogP contribution in [-0.2, 0) is 10.1 Å². The Balaban J connectivity index is 2.28. The highest BCUT2D eigenvalue weighted by atomic mass is 35.5. The maximum Gasteiger partial charge on any atom is 0.264 e. The molecular weight excluding hydrogens is 312 g/mol. The summed E-state index contributed by atoms with van der Waals surface area (Å²) >= 11 is 6.09. The number of hydrogen-bond donors (Lipinski definition) is 1. The molecule has 1 aromatic rings. The van der Waals surface area contributed by atoms with E-state index >= 15 is 0 Å². The second kappa shape index (κ2) is 8.61. The molecule has 0 aromatic heterocycles. The predicted octanol–water partition coefficient (Wildman–Crippen LogP) is 4.29. The summed E-state index contributed by atoms with van der Waals surface area (Å²) < 4.78 is 35.4. The molecule has 0 atom stereocenters. The average Bonchev–Trinajstić information content (AvgIpc) is 2.38. The third-order valence-electron chi connectivity index (χ3n) is 3.18. The van der Waals surface area contributed by atoms with Crippen molar-refractivity contribution in [3.8, 4) is 5.75 Å². The third-order valence-corrected chi connectivity index (χ3v) is 4.29. The first-order chi connectivity index (χ1) is 9.79. The Labute approximate surface area is 132 Å². The molecule has 4 nitrogen and oxygen atoms in total. The van der Waals surface area contributed by atoms with Crippen molar-refractivity contribution in [2.75, 3.05) is 12.4 Å². The zero-order valence-corrected chi connectivity index (χ0v) is 14.1. The van der Waals surface area contributed by atoms with Crippen molar-refractivity contribution in [3.05, 3.63) is 28.8 Å². The molecular formula is C15H23ClO4S. The van der Waals surface area contributed by atoms with Gasteiger partial charge in [-0.25, -0.2) is 0 Å². The van der Waals surface area contributed by atoms with Crippen molar-refractivity contribution in [1.29, 1.82) is 0 Å². The SMILES string of the molecule is CC(C)c1ccc(Cl)c(OCCCCCCS(=O)(=O)O)c1. The van der Waals surface area contributed by atoms with E-state index in [1.807, 2.05) is 18.2 Å². The highest BCUT2D eigenvalue weighted by Crippen LogP contribution is 2.28. The summed E-state index contributed by atoms with van der Waals surface area (Å²) in [5.41, 5.74) is 1.18. The largest absolute Gasteiger partial charge is 0.492 e. The van der Waals surface area contributed by atoms with E-state index in [4.69, 9.17) is 20.9 Å². The van der Waals surface area contributed by atoms with Gasteiger partial charge in [-0.05, 0) is 36.5 Å². The summed E-state index contributed by atoms with van der Waals surface area (Å²) in [6.45, 7) is 4.78. The van der Waals surface area contributed by atoms with E-state index in [2.05, 4.69) is 13.8 Å². The minimum Gasteiger partial charge on any atom is -0.492 e. The molecule has 0 aliphatic rings. The molecule has 0 saturated carbocycles. The summed E-state index contributed by atoms with van der Waals surface area (Å²) in [5.74, 6) is 0.946. The second-order valence-corrected chi connectivity index (χ2v) is 7.37. The van der Waals surface area contributed by atoms with Gasteiger partial charge in [-0.1, -0.05) is 44.4 Å². The molecule has 0 bridgehead atoms. The number of hydrogen-bond acceptors (Lipinski definition) is 3. The first-order valence-corrected chi connectivity index (χ1v) is 9.15. The predicted molar refractivity (Wildman–Crippen MR) is 85.9 cm³/mol. The van der Waals surface area contributed by atoms with Crippen LogP contribution >= 0.6 is 11.6 Å². The molecule has 0 saturated heterocycles. The standard InChI is InChI=1S/C15H23ClO4S/c1-12(2)13-7-8-14(16)15(11-13)20-9-5-3-4-6-10-21(17,18)19/h7-8,11-12H,3-6,9-10H2,1-2H3,(H,17,18,19). The maximum absolute atomic E-state index is 10.5. The smallest absolute Gasteiger partial charge is 0.264 e. The van der Waals surface area contributed by atoms with E-state index in [0.717, 1.165) is 19.3 Å². The van der Waals surface area contributed by atoms with Crippen LogP contribution in [0.5, 0.6) is 5.75 Å². The number of ether oxygens (including phenoxy) is 1. The molecule has 0 spiro atoms. The molecule has 0 unspecified atom stereocenters. The molecule has 0 amide bonds. The molecule has 120 valence electrons. The zero-order valence-electron chi connectivity index (χ0n) is 12.5. The lowest BCUT2D eigenvalue weighted by Gasteiger charge is -2.11. The van der Waals surface area contributed by atoms with Gasteiger partial charge in [0.25, 0.3) is 10.1 Å². The minimum atomic E-state index is -3.83. The van der Waals surface area contributed by atoms with Crippen LogP contribution in [-0.4, -0.2) is 25.3 Å². The molecule has 21 heavy (non-hydrogen) atoms. The van der Waals surface area contributed by atoms with E-state index in [1.54, 1.807) is 0 Å². The Morgan fingerprint density at radius 1 is 1.19 bits per heavy atom. The highest BCUT2D eigenvalue weighted by Gasteiger charge is 2.06. The van der Waals surface area contributed by atoms with Gasteiger partial charge in [0.15, 0.2) is 0 Å². The number of unbranched alkanes of at least 4 members (excludes halogenated alkanes) is 3. The van der Waals surface area contributed by atoms with E-state index in [1.165, 1.54) is 5.56 Å². The molecule has 0 heterocycles. The van der Waals surface area contributed by atoms with Crippen molar-refractivity contribution in [2.45, 2.75) is 45.4 Å². The fourth-order valence-electron chi connectivity index (χ4n) is 1.91. The van der Waals surface area contributed by atoms with E-state index in [-0.39, 0.29) is 5.75 Å². The Morgan fingerprint density at radius 3 is 2.48 bits per heavy atom. The molecule has 6 heteroatoms. The van der Waals surface area contributed by atoms with Gasteiger partial charge < -0.3 is 4.74 Å². The fraction of sp³-hybridized carbons (Fsp3) is 0.600. The van der Waals surface area contributed by atoms with Gasteiger partial charge >= 0.3 is 0 Å². The van der Waals surface area contributed by atoms with Crippen LogP contribution in [0.15, 0.2) is 18.2 Å². The van der Waals surface area contributed by atoms with Crippen molar-refractivity contribution >= 4 is 21.7 Å². The Bertz CT molecular complexity index is 541. The molecule has 1 rings (SSSR count). The summed E-state index contributed by atoms with van der Waals surface area (Å²) in [7, 11) is -3.83. The second-order valence-electron chi connectivity index (χ2n) is 5.39. The molecule has 1 N–H and O–H groups in total. The van der Waals surface area contributed by atoms with Gasteiger partial charge in [0.05, 0.1) is 17.4 Å². The van der Waals surface area contributed by atoms with E-state index in [0.29, 0.717) is 29.7 Å². The Kier molecular flexibility index (Phi) is 7.49. The molecule has 0 aliphatic carbocycles. The van der Waals surface area contributed by atoms with E-state index in [9.17, 15) is 8.42 Å². The lowest BCUT2D eigenvalue weighted by molar-refractivity contribution is 0.305. The maximum atomic E-state index is 10.5. The summed E-state index contributed by atoms with van der Waals surface area (Å²) in [6, 6.07) is 5.80. The van der Waals surface area contributed by atoms with E-state index < -0.39 is 10.1 Å². The zero-order chi connectivity index (χ0) is 15.9. The van der Waals surface area contributed by atoms with Gasteiger partial charge in [-0.3, -0.25) is 4.55 Å². The van der Waals surface area contributed by atoms with Crippen LogP contribution in [0.2, 0.25) is 5.02 Å². The van der Waals surface area contributed by atoms with Crippen LogP contribution in [0.4, 0.5) is 0 Å². The van der Waals surface area contributed by atoms with Gasteiger partial charge in [0.1, 0.15) is 5.75 Å². The summed E-state index contributed by atoms with van der Waals surface area (Å²) in [5, 5.41) is 0.603. The fourth-order valence-corrected chi connectivity index (χ4v) is 2.65. The number of halogens is 1. The average molecular weight is 335 g/mol. The third kappa shape index (κ3) is 7.69. The summed E-state index contributed by atoms with van der Waals surface area (Å²) in [4.78, 5) is 0. The van der Waals surface area contributed by atoms with Gasteiger partial charge in [0, 0.05) is 0 Å². The Morgan fingerprint density at radius 2 is 1.86 bits per heavy atom. The lowest BCUT2D eigenvalue weighted by Crippen LogP contribution is -2.04. The van der Waals surface area contributed by atoms with Crippen LogP contribution in [0.1, 0.15) is 51.0 Å². The van der Waals surface area contributed by atoms with Crippen LogP contribution < -0.4 is 4.74 Å². The lowest BCUT2D eigenvalue weighted by atomic mass is 10.0. The normalized spacial score (nSPS) is 11.9. The van der Waals surface area contributed by atoms with Crippen molar-refractivity contribution in [3.63, 3.8) is 0 Å². The topological polar surface area (TPSA) is 63.6 Å². The summed E-state index contributed by atoms with van der Waals surface area (Å²) in [6.07, 6.45) is 2.91. The molecule has 0 fully saturated rings. The van der Waals surface area contributed by atoms with Crippen molar-refractivity contribution in [1.82, 2.24) is 0 Å². The van der Waals surface area contributed by atoms with Crippen LogP contribution in [0.3, 0.4) is 0 Å². The monoisotopic (exact) mass is 334 g/mol. The number of rotatable bonds is 9. The first-order valence-electron chi connectivity index (χ1n) is 7.17. The molecule has 0 aliphatic heterocycles. The van der Waals surface area contributed by atoms with Gasteiger partial charge in [-0.2, -0.15) is 8.42 Å². The van der Waals surface area contributed by atoms with Gasteiger partial charge in [-0.15, -0.1) is 0 Å². The quantitative estimate of drug-likeness (QED) is 0.540. The molecule has 1 aromatic carbocycles.